The van der Waals surface area contributed by atoms with E-state index in [1.54, 1.807) is 0 Å². The van der Waals surface area contributed by atoms with Crippen LogP contribution in [0.25, 0.3) is 0 Å². The molecule has 4 nitrogen and oxygen atoms in total. The molecule has 0 aromatic heterocycles. The van der Waals surface area contributed by atoms with Gasteiger partial charge in [-0.1, -0.05) is 19.4 Å². The van der Waals surface area contributed by atoms with E-state index in [0.29, 0.717) is 6.07 Å². The number of methoxy groups -OCH3 is 1. The van der Waals surface area contributed by atoms with Gasteiger partial charge in [-0.15, -0.1) is 0 Å². The first-order valence-electron chi connectivity index (χ1n) is 3.91. The smallest absolute Gasteiger partial charge is 0.312 e. The van der Waals surface area contributed by atoms with Crippen LogP contribution < -0.4 is 4.74 Å². The summed E-state index contributed by atoms with van der Waals surface area (Å²) < 4.78 is 66.2. The summed E-state index contributed by atoms with van der Waals surface area (Å²) in [5, 5.41) is 10.4. The van der Waals surface area contributed by atoms with E-state index in [1.165, 1.54) is 0 Å². The zero-order valence-electron chi connectivity index (χ0n) is 8.20. The van der Waals surface area contributed by atoms with Gasteiger partial charge in [0.25, 0.3) is 0 Å². The van der Waals surface area contributed by atoms with Crippen molar-refractivity contribution in [2.75, 3.05) is 7.11 Å². The maximum atomic E-state index is 12.4. The topological polar surface area (TPSA) is 52.4 Å². The van der Waals surface area contributed by atoms with E-state index in [4.69, 9.17) is 0 Å². The van der Waals surface area contributed by atoms with Crippen molar-refractivity contribution < 1.29 is 29.1 Å². The van der Waals surface area contributed by atoms with Crippen LogP contribution in [0.5, 0.6) is 5.75 Å². The van der Waals surface area contributed by atoms with Crippen LogP contribution in [0, 0.1) is 10.1 Å². The summed E-state index contributed by atoms with van der Waals surface area (Å²) >= 11 is 0. The first-order valence-corrected chi connectivity index (χ1v) is 5.87. The summed E-state index contributed by atoms with van der Waals surface area (Å²) in [6.07, 6.45) is 0. The van der Waals surface area contributed by atoms with Gasteiger partial charge < -0.3 is 4.74 Å². The van der Waals surface area contributed by atoms with Gasteiger partial charge in [0.15, 0.2) is 5.75 Å². The standard InChI is InChI=1S/C7H6F5NO3S/c1-16-7-3-2-5(4-6(7)13(14)15)17(8,9,10,11)12/h2-4H,1H3. The number of hydrogen-bond donors (Lipinski definition) is 0. The van der Waals surface area contributed by atoms with Gasteiger partial charge in [0.2, 0.25) is 0 Å². The maximum absolute atomic E-state index is 12.4. The highest BCUT2D eigenvalue weighted by molar-refractivity contribution is 8.45. The lowest BCUT2D eigenvalue weighted by atomic mass is 10.3. The van der Waals surface area contributed by atoms with Gasteiger partial charge >= 0.3 is 15.9 Å². The SMILES string of the molecule is COc1ccc(S(F)(F)(F)(F)F)cc1[N+](=O)[O-]. The average molecular weight is 279 g/mol. The largest absolute Gasteiger partial charge is 0.490 e. The van der Waals surface area contributed by atoms with E-state index in [2.05, 4.69) is 4.74 Å². The summed E-state index contributed by atoms with van der Waals surface area (Å²) in [7, 11) is -8.94. The van der Waals surface area contributed by atoms with E-state index < -0.39 is 31.5 Å². The molecule has 0 radical (unpaired) electrons. The van der Waals surface area contributed by atoms with Gasteiger partial charge in [0, 0.05) is 6.07 Å². The molecule has 1 rings (SSSR count). The van der Waals surface area contributed by atoms with E-state index in [9.17, 15) is 29.5 Å². The first-order chi connectivity index (χ1) is 7.35. The Kier molecular flexibility index (Phi) is 2.38. The lowest BCUT2D eigenvalue weighted by molar-refractivity contribution is -0.386. The van der Waals surface area contributed by atoms with Gasteiger partial charge in [-0.2, -0.15) is 0 Å². The Bertz CT molecular complexity index is 485. The molecular formula is C7H6F5NO3S. The lowest BCUT2D eigenvalue weighted by Crippen LogP contribution is -2.07. The number of halogens is 5. The van der Waals surface area contributed by atoms with Crippen LogP contribution in [0.1, 0.15) is 0 Å². The Morgan fingerprint density at radius 3 is 2.12 bits per heavy atom. The molecule has 0 fully saturated rings. The normalized spacial score (nSPS) is 15.9. The van der Waals surface area contributed by atoms with E-state index in [-0.39, 0.29) is 12.1 Å². The third-order valence-corrected chi connectivity index (χ3v) is 2.94. The summed E-state index contributed by atoms with van der Waals surface area (Å²) in [5.41, 5.74) is -1.17. The highest BCUT2D eigenvalue weighted by atomic mass is 32.5. The molecule has 0 aliphatic rings. The number of nitro benzene ring substituents is 1. The number of ether oxygens (including phenoxy) is 1. The van der Waals surface area contributed by atoms with E-state index in [0.717, 1.165) is 7.11 Å². The highest BCUT2D eigenvalue weighted by Crippen LogP contribution is 3.02. The fraction of sp³-hybridized carbons (Fsp3) is 0.143. The summed E-state index contributed by atoms with van der Waals surface area (Å²) in [5.74, 6) is -0.527. The van der Waals surface area contributed by atoms with E-state index >= 15 is 0 Å². The van der Waals surface area contributed by atoms with Crippen molar-refractivity contribution in [3.8, 4) is 5.75 Å². The van der Waals surface area contributed by atoms with Crippen LogP contribution in [0.15, 0.2) is 23.1 Å². The minimum atomic E-state index is -9.91. The Hall–Kier alpha value is -1.58. The quantitative estimate of drug-likeness (QED) is 0.472. The van der Waals surface area contributed by atoms with Gasteiger partial charge in [-0.3, -0.25) is 10.1 Å². The Morgan fingerprint density at radius 2 is 1.76 bits per heavy atom. The zero-order chi connectivity index (χ0) is 13.5. The molecule has 0 atom stereocenters. The fourth-order valence-corrected chi connectivity index (χ4v) is 1.71. The summed E-state index contributed by atoms with van der Waals surface area (Å²) in [4.78, 5) is 6.84. The first kappa shape index (κ1) is 13.5. The van der Waals surface area contributed by atoms with E-state index in [1.807, 2.05) is 0 Å². The molecule has 0 saturated heterocycles. The molecule has 0 N–H and O–H groups in total. The summed E-state index contributed by atoms with van der Waals surface area (Å²) in [6, 6.07) is 0.291. The number of nitrogens with zero attached hydrogens (tertiary/aromatic N) is 1. The fourth-order valence-electron chi connectivity index (χ4n) is 1.05. The molecule has 0 unspecified atom stereocenters. The molecule has 0 aliphatic heterocycles. The number of nitro groups is 1. The minimum absolute atomic E-state index is 0.0490. The molecule has 1 aromatic carbocycles. The van der Waals surface area contributed by atoms with Crippen LogP contribution >= 0.6 is 10.2 Å². The molecule has 0 bridgehead atoms. The molecule has 0 spiro atoms. The van der Waals surface area contributed by atoms with Crippen molar-refractivity contribution >= 4 is 15.9 Å². The highest BCUT2D eigenvalue weighted by Gasteiger charge is 2.65. The molecule has 98 valence electrons. The molecule has 17 heavy (non-hydrogen) atoms. The Balaban J connectivity index is 3.54. The predicted molar refractivity (Wildman–Crippen MR) is 51.0 cm³/mol. The number of benzene rings is 1. The molecule has 1 aromatic rings. The second-order valence-electron chi connectivity index (χ2n) is 3.06. The predicted octanol–water partition coefficient (Wildman–Crippen LogP) is 4.26. The van der Waals surface area contributed by atoms with Gasteiger partial charge in [-0.05, 0) is 12.1 Å². The molecular weight excluding hydrogens is 273 g/mol. The molecule has 0 amide bonds. The second-order valence-corrected chi connectivity index (χ2v) is 5.47. The molecule has 0 saturated carbocycles. The van der Waals surface area contributed by atoms with Gasteiger partial charge in [0.1, 0.15) is 4.90 Å². The van der Waals surface area contributed by atoms with Crippen molar-refractivity contribution in [3.63, 3.8) is 0 Å². The third-order valence-electron chi connectivity index (χ3n) is 1.79. The summed E-state index contributed by atoms with van der Waals surface area (Å²) in [6.45, 7) is 0. The third kappa shape index (κ3) is 2.96. The van der Waals surface area contributed by atoms with Crippen LogP contribution in [-0.4, -0.2) is 12.0 Å². The van der Waals surface area contributed by atoms with Gasteiger partial charge in [0.05, 0.1) is 12.0 Å². The van der Waals surface area contributed by atoms with Gasteiger partial charge in [-0.25, -0.2) is 0 Å². The van der Waals surface area contributed by atoms with Crippen molar-refractivity contribution in [1.29, 1.82) is 0 Å². The van der Waals surface area contributed by atoms with Crippen LogP contribution in [0.3, 0.4) is 0 Å². The maximum Gasteiger partial charge on any atom is 0.312 e. The van der Waals surface area contributed by atoms with Crippen LogP contribution in [-0.2, 0) is 0 Å². The molecule has 10 heteroatoms. The van der Waals surface area contributed by atoms with Crippen molar-refractivity contribution in [2.45, 2.75) is 4.90 Å². The monoisotopic (exact) mass is 279 g/mol. The second kappa shape index (κ2) is 3.00. The molecule has 0 aliphatic carbocycles. The van der Waals surface area contributed by atoms with Crippen LogP contribution in [0.2, 0.25) is 0 Å². The minimum Gasteiger partial charge on any atom is -0.490 e. The average Bonchev–Trinajstić information content (AvgIpc) is 2.13. The molecule has 0 heterocycles. The Labute approximate surface area is 91.9 Å². The van der Waals surface area contributed by atoms with Crippen molar-refractivity contribution in [3.05, 3.63) is 28.3 Å². The zero-order valence-corrected chi connectivity index (χ0v) is 9.02. The lowest BCUT2D eigenvalue weighted by Gasteiger charge is -2.40. The van der Waals surface area contributed by atoms with Crippen LogP contribution in [0.4, 0.5) is 25.1 Å². The van der Waals surface area contributed by atoms with Crippen molar-refractivity contribution in [1.82, 2.24) is 0 Å². The number of rotatable bonds is 3. The van der Waals surface area contributed by atoms with Crippen molar-refractivity contribution in [2.24, 2.45) is 0 Å². The number of hydrogen-bond acceptors (Lipinski definition) is 3. The Morgan fingerprint density at radius 1 is 1.24 bits per heavy atom.